The molecule has 0 saturated carbocycles. The number of amides is 1. The lowest BCUT2D eigenvalue weighted by Gasteiger charge is -2.19. The number of hydrogen-bond acceptors (Lipinski definition) is 5. The van der Waals surface area contributed by atoms with Crippen LogP contribution >= 0.6 is 0 Å². The van der Waals surface area contributed by atoms with Crippen molar-refractivity contribution in [1.82, 2.24) is 5.32 Å². The molecule has 0 heterocycles. The van der Waals surface area contributed by atoms with Gasteiger partial charge in [-0.25, -0.2) is 9.00 Å². The van der Waals surface area contributed by atoms with Gasteiger partial charge in [-0.1, -0.05) is 0 Å². The molecule has 0 radical (unpaired) electrons. The summed E-state index contributed by atoms with van der Waals surface area (Å²) in [7, 11) is 0. The van der Waals surface area contributed by atoms with E-state index < -0.39 is 29.8 Å². The number of carbonyl (C=O) groups is 1. The second kappa shape index (κ2) is 5.15. The van der Waals surface area contributed by atoms with Crippen LogP contribution in [-0.4, -0.2) is 27.2 Å². The van der Waals surface area contributed by atoms with E-state index in [0.717, 1.165) is 0 Å². The van der Waals surface area contributed by atoms with Gasteiger partial charge in [0.25, 0.3) is 0 Å². The van der Waals surface area contributed by atoms with E-state index in [4.69, 9.17) is 4.74 Å². The van der Waals surface area contributed by atoms with Crippen molar-refractivity contribution in [3.8, 4) is 0 Å². The highest BCUT2D eigenvalue weighted by atomic mass is 32.2. The average Bonchev–Trinajstić information content (AvgIpc) is 1.81. The van der Waals surface area contributed by atoms with Crippen molar-refractivity contribution >= 4 is 17.5 Å². The van der Waals surface area contributed by atoms with Gasteiger partial charge in [0.05, 0.1) is 11.4 Å². The molecule has 0 aliphatic heterocycles. The summed E-state index contributed by atoms with van der Waals surface area (Å²) in [5.74, 6) is 0. The fourth-order valence-corrected chi connectivity index (χ4v) is 0.606. The fourth-order valence-electron chi connectivity index (χ4n) is 0.451. The fraction of sp³-hybridized carbons (Fsp3) is 0.833. The van der Waals surface area contributed by atoms with Crippen LogP contribution in [0.3, 0.4) is 0 Å². The van der Waals surface area contributed by atoms with Crippen LogP contribution in [-0.2, 0) is 20.3 Å². The lowest BCUT2D eigenvalue weighted by atomic mass is 10.2. The molecule has 1 atom stereocenters. The number of nitrogens with one attached hydrogen (secondary N) is 1. The number of carbonyl (C=O) groups excluding carboxylic acids is 1. The zero-order valence-corrected chi connectivity index (χ0v) is 8.47. The van der Waals surface area contributed by atoms with Gasteiger partial charge in [0.2, 0.25) is 0 Å². The van der Waals surface area contributed by atoms with Gasteiger partial charge >= 0.3 is 6.09 Å². The van der Waals surface area contributed by atoms with E-state index in [2.05, 4.69) is 9.50 Å². The van der Waals surface area contributed by atoms with Crippen molar-refractivity contribution in [3.05, 3.63) is 0 Å². The predicted octanol–water partition coefficient (Wildman–Crippen LogP) is 0.279. The summed E-state index contributed by atoms with van der Waals surface area (Å²) in [6.07, 6.45) is -0.724. The van der Waals surface area contributed by atoms with E-state index in [1.807, 2.05) is 0 Å². The number of rotatable bonds is 3. The van der Waals surface area contributed by atoms with Crippen molar-refractivity contribution in [2.75, 3.05) is 6.73 Å². The molecule has 1 N–H and O–H groups in total. The van der Waals surface area contributed by atoms with Crippen LogP contribution in [0.4, 0.5) is 4.79 Å². The lowest BCUT2D eigenvalue weighted by Crippen LogP contribution is -2.33. The molecule has 0 aromatic carbocycles. The van der Waals surface area contributed by atoms with Crippen LogP contribution < -0.4 is 5.32 Å². The third kappa shape index (κ3) is 9.25. The zero-order chi connectivity index (χ0) is 10.5. The molecule has 0 saturated heterocycles. The molecular formula is C6H12NO5S-. The minimum Gasteiger partial charge on any atom is -0.750 e. The van der Waals surface area contributed by atoms with E-state index in [1.54, 1.807) is 20.8 Å². The van der Waals surface area contributed by atoms with Crippen LogP contribution in [0.1, 0.15) is 20.8 Å². The molecule has 78 valence electrons. The van der Waals surface area contributed by atoms with Crippen molar-refractivity contribution in [2.24, 2.45) is 0 Å². The maximum absolute atomic E-state index is 10.8. The number of alkyl carbamates (subject to hydrolysis) is 1. The maximum Gasteiger partial charge on any atom is 0.409 e. The summed E-state index contributed by atoms with van der Waals surface area (Å²) in [6, 6.07) is 0. The van der Waals surface area contributed by atoms with Crippen LogP contribution in [0.25, 0.3) is 0 Å². The Morgan fingerprint density at radius 2 is 2.08 bits per heavy atom. The summed E-state index contributed by atoms with van der Waals surface area (Å²) in [6.45, 7) is 4.66. The molecule has 0 aliphatic rings. The first-order valence-electron chi connectivity index (χ1n) is 3.50. The lowest BCUT2D eigenvalue weighted by molar-refractivity contribution is 0.0488. The van der Waals surface area contributed by atoms with Crippen LogP contribution in [0.15, 0.2) is 0 Å². The summed E-state index contributed by atoms with van der Waals surface area (Å²) < 4.78 is 28.5. The number of hydrogen-bond donors (Lipinski definition) is 1. The van der Waals surface area contributed by atoms with Gasteiger partial charge < -0.3 is 9.29 Å². The minimum atomic E-state index is -2.63. The SMILES string of the molecule is CC(C)(C)OC(=O)NCOS(=O)[O-]. The van der Waals surface area contributed by atoms with Crippen molar-refractivity contribution in [3.63, 3.8) is 0 Å². The summed E-state index contributed by atoms with van der Waals surface area (Å²) >= 11 is -2.63. The average molecular weight is 210 g/mol. The highest BCUT2D eigenvalue weighted by Gasteiger charge is 2.15. The van der Waals surface area contributed by atoms with Gasteiger partial charge in [0, 0.05) is 0 Å². The second-order valence-electron chi connectivity index (χ2n) is 3.14. The topological polar surface area (TPSA) is 87.7 Å². The summed E-state index contributed by atoms with van der Waals surface area (Å²) in [4.78, 5) is 10.8. The van der Waals surface area contributed by atoms with Gasteiger partial charge in [-0.3, -0.25) is 9.50 Å². The third-order valence-corrected chi connectivity index (χ3v) is 1.08. The Kier molecular flexibility index (Phi) is 4.89. The summed E-state index contributed by atoms with van der Waals surface area (Å²) in [5.41, 5.74) is -0.610. The molecule has 1 amide bonds. The molecular weight excluding hydrogens is 198 g/mol. The Hall–Kier alpha value is -0.660. The molecule has 0 rings (SSSR count). The second-order valence-corrected chi connectivity index (χ2v) is 3.79. The molecule has 0 aromatic heterocycles. The molecule has 6 nitrogen and oxygen atoms in total. The van der Waals surface area contributed by atoms with E-state index in [-0.39, 0.29) is 0 Å². The highest BCUT2D eigenvalue weighted by Crippen LogP contribution is 2.05. The standard InChI is InChI=1S/C6H13NO5S/c1-6(2,3)12-5(8)7-4-11-13(9)10/h4H2,1-3H3,(H,7,8)(H,9,10)/p-1. The van der Waals surface area contributed by atoms with Gasteiger partial charge in [-0.05, 0) is 20.8 Å². The van der Waals surface area contributed by atoms with Gasteiger partial charge in [-0.2, -0.15) is 0 Å². The number of ether oxygens (including phenoxy) is 1. The molecule has 0 bridgehead atoms. The van der Waals surface area contributed by atoms with Crippen LogP contribution in [0, 0.1) is 0 Å². The summed E-state index contributed by atoms with van der Waals surface area (Å²) in [5, 5.41) is 2.09. The maximum atomic E-state index is 10.8. The van der Waals surface area contributed by atoms with Crippen molar-refractivity contribution < 1.29 is 22.5 Å². The molecule has 0 aromatic rings. The normalized spacial score (nSPS) is 13.5. The Balaban J connectivity index is 3.59. The monoisotopic (exact) mass is 210 g/mol. The Bertz CT molecular complexity index is 200. The Morgan fingerprint density at radius 1 is 1.54 bits per heavy atom. The smallest absolute Gasteiger partial charge is 0.409 e. The highest BCUT2D eigenvalue weighted by molar-refractivity contribution is 7.74. The van der Waals surface area contributed by atoms with E-state index in [1.165, 1.54) is 0 Å². The first kappa shape index (κ1) is 12.3. The first-order chi connectivity index (χ1) is 5.81. The van der Waals surface area contributed by atoms with Crippen LogP contribution in [0.2, 0.25) is 0 Å². The predicted molar refractivity (Wildman–Crippen MR) is 44.2 cm³/mol. The van der Waals surface area contributed by atoms with Gasteiger partial charge in [0.15, 0.2) is 0 Å². The molecule has 7 heteroatoms. The first-order valence-corrected chi connectivity index (χ1v) is 4.50. The third-order valence-electron chi connectivity index (χ3n) is 0.771. The van der Waals surface area contributed by atoms with Gasteiger partial charge in [-0.15, -0.1) is 0 Å². The quantitative estimate of drug-likeness (QED) is 0.534. The van der Waals surface area contributed by atoms with E-state index >= 15 is 0 Å². The zero-order valence-electron chi connectivity index (χ0n) is 7.66. The van der Waals surface area contributed by atoms with E-state index in [9.17, 15) is 13.6 Å². The Morgan fingerprint density at radius 3 is 2.46 bits per heavy atom. The van der Waals surface area contributed by atoms with Crippen molar-refractivity contribution in [1.29, 1.82) is 0 Å². The minimum absolute atomic E-state index is 0.426. The molecule has 13 heavy (non-hydrogen) atoms. The molecule has 1 unspecified atom stereocenters. The largest absolute Gasteiger partial charge is 0.750 e. The molecule has 0 aliphatic carbocycles. The Labute approximate surface area is 79.1 Å². The van der Waals surface area contributed by atoms with E-state index in [0.29, 0.717) is 0 Å². The van der Waals surface area contributed by atoms with Crippen LogP contribution in [0.5, 0.6) is 0 Å². The molecule has 0 fully saturated rings. The van der Waals surface area contributed by atoms with Crippen molar-refractivity contribution in [2.45, 2.75) is 26.4 Å². The molecule has 0 spiro atoms. The van der Waals surface area contributed by atoms with Gasteiger partial charge in [0.1, 0.15) is 12.3 Å².